The number of aliphatic carboxylic acids is 1. The van der Waals surface area contributed by atoms with Gasteiger partial charge in [0.25, 0.3) is 5.91 Å². The van der Waals surface area contributed by atoms with Crippen molar-refractivity contribution in [2.75, 3.05) is 20.3 Å². The molecule has 2 aromatic rings. The van der Waals surface area contributed by atoms with Gasteiger partial charge in [0.1, 0.15) is 28.6 Å². The zero-order valence-electron chi connectivity index (χ0n) is 34.2. The maximum atomic E-state index is 14.6. The second-order valence-corrected chi connectivity index (χ2v) is 17.0. The number of carbonyl (C=O) groups excluding carboxylic acids is 4. The average Bonchev–Trinajstić information content (AvgIpc) is 3.64. The van der Waals surface area contributed by atoms with Crippen LogP contribution in [0.4, 0.5) is 0 Å². The fourth-order valence-corrected chi connectivity index (χ4v) is 7.70. The number of benzene rings is 1. The fraction of sp³-hybridized carbons (Fsp3) is 0.659. The van der Waals surface area contributed by atoms with E-state index >= 15 is 0 Å². The Bertz CT molecular complexity index is 1600. The van der Waals surface area contributed by atoms with E-state index in [1.54, 1.807) is 19.1 Å². The third kappa shape index (κ3) is 13.8. The highest BCUT2D eigenvalue weighted by atomic mass is 32.1. The number of carboxylic acids is 1. The molecule has 2 heterocycles. The standard InChI is InChI=1S/C41H63N5O9S/c1-9-26(6)36(44-38(51)32-12-10-11-17-45(32)8)40(52)46(23-55-35(49)18-24(2)3)33(25(4)5)21-34(48)39-43-31(22-56-39)37(50)42-29(19-27(7)41(53)54)20-28-13-15-30(47)16-14-28/h13-16,22,24-27,29,32-34,36,47-48H,9-12,17-21,23H2,1-8H3,(H,42,50)(H,44,51)(H,53,54)/t26-,27+,29-,32-,33-,34-,36?/m1/s1. The third-order valence-corrected chi connectivity index (χ3v) is 11.5. The van der Waals surface area contributed by atoms with Gasteiger partial charge < -0.3 is 35.6 Å². The van der Waals surface area contributed by atoms with Crippen molar-refractivity contribution in [3.63, 3.8) is 0 Å². The number of piperidine rings is 1. The number of nitrogens with zero attached hydrogens (tertiary/aromatic N) is 3. The molecule has 0 radical (unpaired) electrons. The van der Waals surface area contributed by atoms with Gasteiger partial charge in [0.05, 0.1) is 12.0 Å². The Morgan fingerprint density at radius 1 is 1.02 bits per heavy atom. The van der Waals surface area contributed by atoms with Gasteiger partial charge in [-0.15, -0.1) is 11.3 Å². The van der Waals surface area contributed by atoms with E-state index in [4.69, 9.17) is 4.74 Å². The maximum Gasteiger partial charge on any atom is 0.307 e. The number of thiazole rings is 1. The van der Waals surface area contributed by atoms with Gasteiger partial charge in [0, 0.05) is 30.3 Å². The predicted octanol–water partition coefficient (Wildman–Crippen LogP) is 5.14. The average molecular weight is 802 g/mol. The molecule has 1 fully saturated rings. The molecule has 1 saturated heterocycles. The van der Waals surface area contributed by atoms with Crippen LogP contribution in [0.15, 0.2) is 29.6 Å². The summed E-state index contributed by atoms with van der Waals surface area (Å²) in [4.78, 5) is 74.0. The zero-order valence-corrected chi connectivity index (χ0v) is 35.0. The molecular formula is C41H63N5O9S. The molecular weight excluding hydrogens is 739 g/mol. The summed E-state index contributed by atoms with van der Waals surface area (Å²) in [7, 11) is 1.91. The van der Waals surface area contributed by atoms with Crippen LogP contribution in [0.3, 0.4) is 0 Å². The Labute approximate surface area is 335 Å². The first-order chi connectivity index (χ1) is 26.4. The van der Waals surface area contributed by atoms with E-state index in [2.05, 4.69) is 15.6 Å². The molecule has 1 aromatic heterocycles. The lowest BCUT2D eigenvalue weighted by molar-refractivity contribution is -0.160. The minimum absolute atomic E-state index is 0.00580. The van der Waals surface area contributed by atoms with Crippen LogP contribution in [0.25, 0.3) is 0 Å². The Hall–Kier alpha value is -4.08. The number of likely N-dealkylation sites (tertiary alicyclic amines) is 1. The first-order valence-electron chi connectivity index (χ1n) is 19.8. The smallest absolute Gasteiger partial charge is 0.307 e. The molecule has 1 unspecified atom stereocenters. The van der Waals surface area contributed by atoms with Crippen molar-refractivity contribution in [1.29, 1.82) is 0 Å². The van der Waals surface area contributed by atoms with Gasteiger partial charge in [-0.1, -0.05) is 73.4 Å². The van der Waals surface area contributed by atoms with Crippen molar-refractivity contribution >= 4 is 41.0 Å². The maximum absolute atomic E-state index is 14.6. The number of aliphatic hydroxyl groups excluding tert-OH is 1. The molecule has 0 aliphatic carbocycles. The van der Waals surface area contributed by atoms with Crippen LogP contribution >= 0.6 is 11.3 Å². The van der Waals surface area contributed by atoms with E-state index < -0.39 is 53.9 Å². The highest BCUT2D eigenvalue weighted by molar-refractivity contribution is 7.09. The van der Waals surface area contributed by atoms with Crippen LogP contribution in [0.1, 0.15) is 121 Å². The van der Waals surface area contributed by atoms with Crippen molar-refractivity contribution in [3.8, 4) is 5.75 Å². The lowest BCUT2D eigenvalue weighted by Crippen LogP contribution is -2.59. The molecule has 1 aromatic carbocycles. The summed E-state index contributed by atoms with van der Waals surface area (Å²) in [6.07, 6.45) is 2.64. The molecule has 1 aliphatic heterocycles. The van der Waals surface area contributed by atoms with Gasteiger partial charge in [-0.05, 0) is 74.7 Å². The number of aliphatic hydroxyl groups is 1. The lowest BCUT2D eigenvalue weighted by Gasteiger charge is -2.39. The molecule has 0 bridgehead atoms. The number of hydrogen-bond donors (Lipinski definition) is 5. The quantitative estimate of drug-likeness (QED) is 0.0828. The number of aromatic hydroxyl groups is 1. The normalized spacial score (nSPS) is 18.0. The first-order valence-corrected chi connectivity index (χ1v) is 20.7. The highest BCUT2D eigenvalue weighted by Crippen LogP contribution is 2.29. The molecule has 15 heteroatoms. The molecule has 14 nitrogen and oxygen atoms in total. The first kappa shape index (κ1) is 46.3. The molecule has 312 valence electrons. The molecule has 7 atom stereocenters. The number of carbonyl (C=O) groups is 5. The second-order valence-electron chi connectivity index (χ2n) is 16.1. The second kappa shape index (κ2) is 22.0. The zero-order chi connectivity index (χ0) is 41.7. The minimum Gasteiger partial charge on any atom is -0.508 e. The summed E-state index contributed by atoms with van der Waals surface area (Å²) in [5.41, 5.74) is 0.844. The molecule has 3 amide bonds. The summed E-state index contributed by atoms with van der Waals surface area (Å²) in [5.74, 6) is -3.72. The number of rotatable bonds is 21. The number of carboxylic acid groups (broad SMARTS) is 1. The van der Waals surface area contributed by atoms with E-state index in [-0.39, 0.29) is 72.1 Å². The number of phenols is 1. The van der Waals surface area contributed by atoms with Gasteiger partial charge in [-0.25, -0.2) is 4.98 Å². The number of hydrogen-bond acceptors (Lipinski definition) is 11. The van der Waals surface area contributed by atoms with Crippen molar-refractivity contribution in [2.24, 2.45) is 23.7 Å². The molecule has 1 aliphatic rings. The van der Waals surface area contributed by atoms with Gasteiger partial charge in [0.15, 0.2) is 6.73 Å². The molecule has 56 heavy (non-hydrogen) atoms. The number of amides is 3. The SMILES string of the molecule is CC[C@@H](C)C(NC(=O)[C@H]1CCCCN1C)C(=O)N(COC(=O)CC(C)C)[C@H](C[C@@H](O)c1nc(C(=O)N[C@@H](Cc2ccc(O)cc2)C[C@H](C)C(=O)O)cs1)C(C)C. The van der Waals surface area contributed by atoms with Crippen LogP contribution in [0, 0.1) is 23.7 Å². The number of nitrogens with one attached hydrogen (secondary N) is 2. The Kier molecular flexibility index (Phi) is 18.2. The summed E-state index contributed by atoms with van der Waals surface area (Å²) < 4.78 is 5.67. The van der Waals surface area contributed by atoms with Crippen molar-refractivity contribution < 1.29 is 44.0 Å². The number of aromatic nitrogens is 1. The number of esters is 1. The van der Waals surface area contributed by atoms with Crippen molar-refractivity contribution in [2.45, 2.75) is 130 Å². The predicted molar refractivity (Wildman–Crippen MR) is 214 cm³/mol. The van der Waals surface area contributed by atoms with E-state index in [1.165, 1.54) is 22.4 Å². The third-order valence-electron chi connectivity index (χ3n) is 10.6. The molecule has 3 rings (SSSR count). The summed E-state index contributed by atoms with van der Waals surface area (Å²) in [6, 6.07) is 3.98. The highest BCUT2D eigenvalue weighted by Gasteiger charge is 2.38. The lowest BCUT2D eigenvalue weighted by atomic mass is 9.92. The van der Waals surface area contributed by atoms with Crippen molar-refractivity contribution in [1.82, 2.24) is 25.4 Å². The number of ether oxygens (including phenoxy) is 1. The monoisotopic (exact) mass is 801 g/mol. The van der Waals surface area contributed by atoms with Gasteiger partial charge >= 0.3 is 11.9 Å². The van der Waals surface area contributed by atoms with Crippen LogP contribution < -0.4 is 10.6 Å². The van der Waals surface area contributed by atoms with E-state index in [1.807, 2.05) is 53.5 Å². The molecule has 0 saturated carbocycles. The topological polar surface area (TPSA) is 199 Å². The molecule has 5 N–H and O–H groups in total. The van der Waals surface area contributed by atoms with Gasteiger partial charge in [-0.3, -0.25) is 28.9 Å². The number of likely N-dealkylation sites (N-methyl/N-ethyl adjacent to an activating group) is 1. The van der Waals surface area contributed by atoms with Gasteiger partial charge in [0.2, 0.25) is 11.8 Å². The van der Waals surface area contributed by atoms with Crippen molar-refractivity contribution in [3.05, 3.63) is 45.9 Å². The van der Waals surface area contributed by atoms with E-state index in [9.17, 15) is 39.3 Å². The van der Waals surface area contributed by atoms with Crippen LogP contribution in [-0.2, 0) is 30.3 Å². The Balaban J connectivity index is 1.86. The van der Waals surface area contributed by atoms with E-state index in [0.717, 1.165) is 36.3 Å². The van der Waals surface area contributed by atoms with Crippen LogP contribution in [-0.4, -0.2) is 104 Å². The van der Waals surface area contributed by atoms with E-state index in [0.29, 0.717) is 19.3 Å². The Morgan fingerprint density at radius 3 is 2.29 bits per heavy atom. The minimum atomic E-state index is -1.21. The fourth-order valence-electron chi connectivity index (χ4n) is 6.90. The molecule has 0 spiro atoms. The number of phenolic OH excluding ortho intramolecular Hbond substituents is 1. The largest absolute Gasteiger partial charge is 0.508 e. The van der Waals surface area contributed by atoms with Crippen LogP contribution in [0.2, 0.25) is 0 Å². The van der Waals surface area contributed by atoms with Gasteiger partial charge in [-0.2, -0.15) is 0 Å². The van der Waals surface area contributed by atoms with Crippen LogP contribution in [0.5, 0.6) is 5.75 Å². The summed E-state index contributed by atoms with van der Waals surface area (Å²) in [6.45, 7) is 13.4. The summed E-state index contributed by atoms with van der Waals surface area (Å²) >= 11 is 1.08. The summed E-state index contributed by atoms with van der Waals surface area (Å²) in [5, 5.41) is 38.5. The Morgan fingerprint density at radius 2 is 1.70 bits per heavy atom.